The van der Waals surface area contributed by atoms with Crippen LogP contribution < -0.4 is 0 Å². The third-order valence-electron chi connectivity index (χ3n) is 2.23. The zero-order valence-electron chi connectivity index (χ0n) is 9.40. The van der Waals surface area contributed by atoms with Gasteiger partial charge < -0.3 is 10.2 Å². The highest BCUT2D eigenvalue weighted by Gasteiger charge is 2.12. The molecule has 0 aromatic carbocycles. The Balaban J connectivity index is 3.54. The lowest BCUT2D eigenvalue weighted by Gasteiger charge is -2.15. The summed E-state index contributed by atoms with van der Waals surface area (Å²) in [6.45, 7) is 6.97. The summed E-state index contributed by atoms with van der Waals surface area (Å²) in [4.78, 5) is 11.2. The molecule has 0 fully saturated rings. The molecule has 0 aliphatic heterocycles. The average Bonchev–Trinajstić information content (AvgIpc) is 2.22. The normalized spacial score (nSPS) is 14.7. The largest absolute Gasteiger partial charge is 0.394 e. The van der Waals surface area contributed by atoms with E-state index in [1.165, 1.54) is 11.8 Å². The van der Waals surface area contributed by atoms with Crippen LogP contribution in [-0.2, 0) is 4.79 Å². The molecule has 88 valence electrons. The summed E-state index contributed by atoms with van der Waals surface area (Å²) in [7, 11) is 0. The van der Waals surface area contributed by atoms with Crippen molar-refractivity contribution in [1.82, 2.24) is 0 Å². The fraction of sp³-hybridized carbons (Fsp3) is 0.727. The predicted molar refractivity (Wildman–Crippen MR) is 63.8 cm³/mol. The third-order valence-corrected chi connectivity index (χ3v) is 3.33. The SMILES string of the molecule is C=C(C)C(=O)SCCCC(C)C(O)CO. The molecule has 0 aliphatic rings. The van der Waals surface area contributed by atoms with Crippen LogP contribution in [0.2, 0.25) is 0 Å². The molecule has 0 aromatic rings. The van der Waals surface area contributed by atoms with Crippen molar-refractivity contribution in [1.29, 1.82) is 0 Å². The third kappa shape index (κ3) is 6.71. The van der Waals surface area contributed by atoms with E-state index in [4.69, 9.17) is 5.11 Å². The Morgan fingerprint density at radius 3 is 2.60 bits per heavy atom. The summed E-state index contributed by atoms with van der Waals surface area (Å²) >= 11 is 1.26. The molecule has 0 aromatic heterocycles. The number of thioether (sulfide) groups is 1. The van der Waals surface area contributed by atoms with E-state index in [-0.39, 0.29) is 17.6 Å². The van der Waals surface area contributed by atoms with Gasteiger partial charge in [0.2, 0.25) is 5.12 Å². The van der Waals surface area contributed by atoms with Gasteiger partial charge >= 0.3 is 0 Å². The highest BCUT2D eigenvalue weighted by Crippen LogP contribution is 2.15. The van der Waals surface area contributed by atoms with Gasteiger partial charge in [-0.3, -0.25) is 4.79 Å². The van der Waals surface area contributed by atoms with E-state index in [1.54, 1.807) is 6.92 Å². The Bertz CT molecular complexity index is 216. The van der Waals surface area contributed by atoms with E-state index >= 15 is 0 Å². The average molecular weight is 232 g/mol. The number of aliphatic hydroxyl groups is 2. The van der Waals surface area contributed by atoms with Crippen molar-refractivity contribution in [2.45, 2.75) is 32.8 Å². The fourth-order valence-corrected chi connectivity index (χ4v) is 1.81. The van der Waals surface area contributed by atoms with Gasteiger partial charge in [0, 0.05) is 5.75 Å². The number of rotatable bonds is 7. The topological polar surface area (TPSA) is 57.5 Å². The summed E-state index contributed by atoms with van der Waals surface area (Å²) in [5, 5.41) is 18.0. The van der Waals surface area contributed by atoms with Crippen LogP contribution in [0.4, 0.5) is 0 Å². The van der Waals surface area contributed by atoms with Gasteiger partial charge in [-0.2, -0.15) is 0 Å². The number of carbonyl (C=O) groups excluding carboxylic acids is 1. The standard InChI is InChI=1S/C11H20O3S/c1-8(2)11(14)15-6-4-5-9(3)10(13)7-12/h9-10,12-13H,1,4-7H2,2-3H3. The van der Waals surface area contributed by atoms with E-state index in [0.29, 0.717) is 5.57 Å². The van der Waals surface area contributed by atoms with E-state index in [2.05, 4.69) is 6.58 Å². The molecule has 2 N–H and O–H groups in total. The van der Waals surface area contributed by atoms with Gasteiger partial charge in [-0.25, -0.2) is 0 Å². The molecule has 0 amide bonds. The van der Waals surface area contributed by atoms with Gasteiger partial charge in [-0.1, -0.05) is 25.3 Å². The lowest BCUT2D eigenvalue weighted by molar-refractivity contribution is -0.107. The summed E-state index contributed by atoms with van der Waals surface area (Å²) in [5.41, 5.74) is 0.573. The van der Waals surface area contributed by atoms with Crippen molar-refractivity contribution in [2.75, 3.05) is 12.4 Å². The molecule has 0 radical (unpaired) electrons. The van der Waals surface area contributed by atoms with E-state index in [9.17, 15) is 9.90 Å². The molecule has 2 atom stereocenters. The van der Waals surface area contributed by atoms with Crippen LogP contribution in [-0.4, -0.2) is 33.8 Å². The first-order chi connectivity index (χ1) is 6.99. The fourth-order valence-electron chi connectivity index (χ4n) is 1.07. The Morgan fingerprint density at radius 2 is 2.13 bits per heavy atom. The van der Waals surface area contributed by atoms with Crippen molar-refractivity contribution < 1.29 is 15.0 Å². The highest BCUT2D eigenvalue weighted by atomic mass is 32.2. The molecular formula is C11H20O3S. The molecule has 0 aliphatic carbocycles. The van der Waals surface area contributed by atoms with E-state index < -0.39 is 6.10 Å². The second-order valence-corrected chi connectivity index (χ2v) is 4.85. The summed E-state index contributed by atoms with van der Waals surface area (Å²) in [6, 6.07) is 0. The summed E-state index contributed by atoms with van der Waals surface area (Å²) in [5.74, 6) is 0.823. The number of carbonyl (C=O) groups is 1. The maximum Gasteiger partial charge on any atom is 0.214 e. The Hall–Kier alpha value is -0.320. The molecule has 3 nitrogen and oxygen atoms in total. The van der Waals surface area contributed by atoms with Gasteiger partial charge in [0.15, 0.2) is 0 Å². The van der Waals surface area contributed by atoms with Crippen LogP contribution in [0.1, 0.15) is 26.7 Å². The first-order valence-electron chi connectivity index (χ1n) is 5.10. The van der Waals surface area contributed by atoms with Crippen molar-refractivity contribution in [3.05, 3.63) is 12.2 Å². The molecule has 0 rings (SSSR count). The molecule has 0 saturated heterocycles. The second-order valence-electron chi connectivity index (χ2n) is 3.79. The Morgan fingerprint density at radius 1 is 1.53 bits per heavy atom. The molecule has 2 unspecified atom stereocenters. The van der Waals surface area contributed by atoms with Crippen LogP contribution in [0.25, 0.3) is 0 Å². The number of hydrogen-bond acceptors (Lipinski definition) is 4. The van der Waals surface area contributed by atoms with E-state index in [0.717, 1.165) is 18.6 Å². The summed E-state index contributed by atoms with van der Waals surface area (Å²) < 4.78 is 0. The zero-order chi connectivity index (χ0) is 11.8. The first kappa shape index (κ1) is 14.7. The quantitative estimate of drug-likeness (QED) is 0.517. The Labute approximate surface area is 95.6 Å². The van der Waals surface area contributed by atoms with Gasteiger partial charge in [-0.15, -0.1) is 0 Å². The molecule has 0 spiro atoms. The van der Waals surface area contributed by atoms with Gasteiger partial charge in [0.25, 0.3) is 0 Å². The molecular weight excluding hydrogens is 212 g/mol. The number of aliphatic hydroxyl groups excluding tert-OH is 2. The van der Waals surface area contributed by atoms with Crippen molar-refractivity contribution in [2.24, 2.45) is 5.92 Å². The lowest BCUT2D eigenvalue weighted by atomic mass is 10.0. The van der Waals surface area contributed by atoms with Crippen LogP contribution in [0.5, 0.6) is 0 Å². The molecule has 15 heavy (non-hydrogen) atoms. The van der Waals surface area contributed by atoms with Crippen molar-refractivity contribution in [3.63, 3.8) is 0 Å². The first-order valence-corrected chi connectivity index (χ1v) is 6.09. The molecule has 0 heterocycles. The minimum Gasteiger partial charge on any atom is -0.394 e. The monoisotopic (exact) mass is 232 g/mol. The predicted octanol–water partition coefficient (Wildman–Crippen LogP) is 1.59. The van der Waals surface area contributed by atoms with Crippen LogP contribution in [0.15, 0.2) is 12.2 Å². The van der Waals surface area contributed by atoms with Crippen molar-refractivity contribution in [3.8, 4) is 0 Å². The Kier molecular flexibility index (Phi) is 7.74. The lowest BCUT2D eigenvalue weighted by Crippen LogP contribution is -2.21. The van der Waals surface area contributed by atoms with Crippen LogP contribution in [0, 0.1) is 5.92 Å². The highest BCUT2D eigenvalue weighted by molar-refractivity contribution is 8.14. The van der Waals surface area contributed by atoms with Crippen LogP contribution >= 0.6 is 11.8 Å². The molecule has 4 heteroatoms. The van der Waals surface area contributed by atoms with Gasteiger partial charge in [-0.05, 0) is 31.3 Å². The second kappa shape index (κ2) is 7.91. The van der Waals surface area contributed by atoms with Gasteiger partial charge in [0.1, 0.15) is 0 Å². The molecule has 0 saturated carbocycles. The van der Waals surface area contributed by atoms with Crippen molar-refractivity contribution >= 4 is 16.9 Å². The van der Waals surface area contributed by atoms with Crippen LogP contribution in [0.3, 0.4) is 0 Å². The van der Waals surface area contributed by atoms with Gasteiger partial charge in [0.05, 0.1) is 12.7 Å². The van der Waals surface area contributed by atoms with E-state index in [1.807, 2.05) is 6.92 Å². The maximum atomic E-state index is 11.2. The minimum absolute atomic E-state index is 0.0327. The maximum absolute atomic E-state index is 11.2. The smallest absolute Gasteiger partial charge is 0.214 e. The summed E-state index contributed by atoms with van der Waals surface area (Å²) in [6.07, 6.45) is 1.03. The zero-order valence-corrected chi connectivity index (χ0v) is 10.2. The molecule has 0 bridgehead atoms. The minimum atomic E-state index is -0.646. The number of hydrogen-bond donors (Lipinski definition) is 2.